The monoisotopic (exact) mass is 219 g/mol. The summed E-state index contributed by atoms with van der Waals surface area (Å²) >= 11 is 0. The van der Waals surface area contributed by atoms with Crippen LogP contribution in [-0.2, 0) is 4.79 Å². The fraction of sp³-hybridized carbons (Fsp3) is 0.167. The average molecular weight is 219 g/mol. The van der Waals surface area contributed by atoms with Crippen LogP contribution in [-0.4, -0.2) is 36.0 Å². The number of aromatic carboxylic acids is 1. The molecule has 0 heterocycles. The largest absolute Gasteiger partial charge is 0.478 e. The van der Waals surface area contributed by atoms with Crippen molar-refractivity contribution in [2.45, 2.75) is 0 Å². The van der Waals surface area contributed by atoms with Gasteiger partial charge in [-0.3, -0.25) is 4.79 Å². The van der Waals surface area contributed by atoms with E-state index in [1.54, 1.807) is 32.3 Å². The lowest BCUT2D eigenvalue weighted by atomic mass is 10.1. The van der Waals surface area contributed by atoms with Crippen LogP contribution >= 0.6 is 0 Å². The maximum Gasteiger partial charge on any atom is 0.335 e. The van der Waals surface area contributed by atoms with Gasteiger partial charge in [0.05, 0.1) is 5.56 Å². The van der Waals surface area contributed by atoms with Gasteiger partial charge in [0.25, 0.3) is 0 Å². The second-order valence-electron chi connectivity index (χ2n) is 3.50. The minimum atomic E-state index is -0.978. The molecule has 0 radical (unpaired) electrons. The van der Waals surface area contributed by atoms with Gasteiger partial charge >= 0.3 is 5.97 Å². The lowest BCUT2D eigenvalue weighted by molar-refractivity contribution is -0.123. The third-order valence-electron chi connectivity index (χ3n) is 1.99. The van der Waals surface area contributed by atoms with Crippen molar-refractivity contribution in [3.63, 3.8) is 0 Å². The summed E-state index contributed by atoms with van der Waals surface area (Å²) in [7, 11) is 3.31. The van der Waals surface area contributed by atoms with Crippen molar-refractivity contribution in [3.05, 3.63) is 41.5 Å². The highest BCUT2D eigenvalue weighted by molar-refractivity contribution is 5.92. The third kappa shape index (κ3) is 3.24. The number of amides is 1. The molecule has 1 aromatic carbocycles. The van der Waals surface area contributed by atoms with Gasteiger partial charge in [-0.2, -0.15) is 0 Å². The molecule has 4 heteroatoms. The van der Waals surface area contributed by atoms with E-state index in [1.807, 2.05) is 0 Å². The number of rotatable bonds is 3. The molecule has 0 aromatic heterocycles. The highest BCUT2D eigenvalue weighted by Gasteiger charge is 2.02. The van der Waals surface area contributed by atoms with Crippen LogP contribution in [0.2, 0.25) is 0 Å². The van der Waals surface area contributed by atoms with Crippen molar-refractivity contribution in [2.24, 2.45) is 0 Å². The molecule has 0 aliphatic heterocycles. The van der Waals surface area contributed by atoms with Gasteiger partial charge in [-0.1, -0.05) is 12.1 Å². The Hall–Kier alpha value is -2.10. The molecule has 1 N–H and O–H groups in total. The van der Waals surface area contributed by atoms with E-state index in [2.05, 4.69) is 0 Å². The summed E-state index contributed by atoms with van der Waals surface area (Å²) in [5.74, 6) is -1.12. The zero-order chi connectivity index (χ0) is 12.1. The van der Waals surface area contributed by atoms with Gasteiger partial charge in [0.1, 0.15) is 0 Å². The van der Waals surface area contributed by atoms with E-state index in [4.69, 9.17) is 5.11 Å². The Balaban J connectivity index is 2.86. The first-order chi connectivity index (χ1) is 7.50. The van der Waals surface area contributed by atoms with Gasteiger partial charge in [0.15, 0.2) is 0 Å². The number of likely N-dealkylation sites (N-methyl/N-ethyl adjacent to an activating group) is 1. The smallest absolute Gasteiger partial charge is 0.335 e. The minimum Gasteiger partial charge on any atom is -0.478 e. The van der Waals surface area contributed by atoms with Crippen LogP contribution in [0.4, 0.5) is 0 Å². The molecule has 0 aliphatic rings. The summed E-state index contributed by atoms with van der Waals surface area (Å²) in [5, 5.41) is 8.78. The van der Waals surface area contributed by atoms with Crippen LogP contribution < -0.4 is 0 Å². The Bertz CT molecular complexity index is 436. The van der Waals surface area contributed by atoms with Crippen LogP contribution in [0.5, 0.6) is 0 Å². The molecule has 4 nitrogen and oxygen atoms in total. The Kier molecular flexibility index (Phi) is 3.83. The molecule has 0 fully saturated rings. The fourth-order valence-corrected chi connectivity index (χ4v) is 1.09. The summed E-state index contributed by atoms with van der Waals surface area (Å²) in [6.45, 7) is 0. The van der Waals surface area contributed by atoms with E-state index in [1.165, 1.54) is 23.1 Å². The molecule has 0 aliphatic carbocycles. The molecule has 0 unspecified atom stereocenters. The summed E-state index contributed by atoms with van der Waals surface area (Å²) in [4.78, 5) is 23.4. The topological polar surface area (TPSA) is 57.6 Å². The van der Waals surface area contributed by atoms with Crippen LogP contribution in [0.1, 0.15) is 15.9 Å². The highest BCUT2D eigenvalue weighted by atomic mass is 16.4. The lowest BCUT2D eigenvalue weighted by Crippen LogP contribution is -2.18. The Morgan fingerprint density at radius 3 is 2.56 bits per heavy atom. The van der Waals surface area contributed by atoms with Gasteiger partial charge in [-0.15, -0.1) is 0 Å². The average Bonchev–Trinajstić information content (AvgIpc) is 2.26. The van der Waals surface area contributed by atoms with Crippen LogP contribution in [0, 0.1) is 0 Å². The van der Waals surface area contributed by atoms with Crippen LogP contribution in [0.3, 0.4) is 0 Å². The number of carboxylic acids is 1. The zero-order valence-electron chi connectivity index (χ0n) is 9.18. The molecule has 1 amide bonds. The van der Waals surface area contributed by atoms with Gasteiger partial charge in [0.2, 0.25) is 5.91 Å². The number of carbonyl (C=O) groups excluding carboxylic acids is 1. The Labute approximate surface area is 93.8 Å². The first-order valence-corrected chi connectivity index (χ1v) is 4.73. The maximum atomic E-state index is 11.3. The molecule has 1 aromatic rings. The van der Waals surface area contributed by atoms with Gasteiger partial charge in [-0.05, 0) is 23.8 Å². The molecule has 84 valence electrons. The molecule has 1 rings (SSSR count). The number of benzene rings is 1. The van der Waals surface area contributed by atoms with Crippen molar-refractivity contribution in [2.75, 3.05) is 14.1 Å². The number of hydrogen-bond acceptors (Lipinski definition) is 2. The van der Waals surface area contributed by atoms with Crippen molar-refractivity contribution in [1.82, 2.24) is 4.90 Å². The van der Waals surface area contributed by atoms with E-state index < -0.39 is 5.97 Å². The van der Waals surface area contributed by atoms with Gasteiger partial charge in [0, 0.05) is 20.2 Å². The standard InChI is InChI=1S/C12H13NO3/c1-13(2)11(14)7-6-9-4-3-5-10(8-9)12(15)16/h3-8H,1-2H3,(H,15,16). The zero-order valence-corrected chi connectivity index (χ0v) is 9.18. The fourth-order valence-electron chi connectivity index (χ4n) is 1.09. The van der Waals surface area contributed by atoms with E-state index >= 15 is 0 Å². The van der Waals surface area contributed by atoms with E-state index in [-0.39, 0.29) is 11.5 Å². The quantitative estimate of drug-likeness (QED) is 0.783. The predicted molar refractivity (Wildman–Crippen MR) is 61.1 cm³/mol. The van der Waals surface area contributed by atoms with Crippen molar-refractivity contribution in [3.8, 4) is 0 Å². The van der Waals surface area contributed by atoms with Crippen LogP contribution in [0.25, 0.3) is 6.08 Å². The molecule has 0 saturated carbocycles. The van der Waals surface area contributed by atoms with Crippen molar-refractivity contribution >= 4 is 18.0 Å². The number of hydrogen-bond donors (Lipinski definition) is 1. The molecule has 0 spiro atoms. The number of carboxylic acid groups (broad SMARTS) is 1. The van der Waals surface area contributed by atoms with Gasteiger partial charge in [-0.25, -0.2) is 4.79 Å². The SMILES string of the molecule is CN(C)C(=O)C=Cc1cccc(C(=O)O)c1. The Morgan fingerprint density at radius 1 is 1.31 bits per heavy atom. The van der Waals surface area contributed by atoms with E-state index in [0.717, 1.165) is 0 Å². The summed E-state index contributed by atoms with van der Waals surface area (Å²) < 4.78 is 0. The van der Waals surface area contributed by atoms with Crippen molar-refractivity contribution in [1.29, 1.82) is 0 Å². The van der Waals surface area contributed by atoms with Crippen LogP contribution in [0.15, 0.2) is 30.3 Å². The normalized spacial score (nSPS) is 10.4. The van der Waals surface area contributed by atoms with Gasteiger partial charge < -0.3 is 10.0 Å². The predicted octanol–water partition coefficient (Wildman–Crippen LogP) is 1.49. The second-order valence-corrected chi connectivity index (χ2v) is 3.50. The Morgan fingerprint density at radius 2 is 2.00 bits per heavy atom. The summed E-state index contributed by atoms with van der Waals surface area (Å²) in [6.07, 6.45) is 3.00. The minimum absolute atomic E-state index is 0.138. The molecule has 0 atom stereocenters. The molecule has 16 heavy (non-hydrogen) atoms. The molecule has 0 saturated heterocycles. The summed E-state index contributed by atoms with van der Waals surface area (Å²) in [6, 6.07) is 6.41. The highest BCUT2D eigenvalue weighted by Crippen LogP contribution is 2.07. The molecular weight excluding hydrogens is 206 g/mol. The third-order valence-corrected chi connectivity index (χ3v) is 1.99. The number of carbonyl (C=O) groups is 2. The van der Waals surface area contributed by atoms with E-state index in [9.17, 15) is 9.59 Å². The van der Waals surface area contributed by atoms with Crippen molar-refractivity contribution < 1.29 is 14.7 Å². The first-order valence-electron chi connectivity index (χ1n) is 4.73. The lowest BCUT2D eigenvalue weighted by Gasteiger charge is -2.05. The molecule has 0 bridgehead atoms. The first kappa shape index (κ1) is 12.0. The molecular formula is C12H13NO3. The second kappa shape index (κ2) is 5.11. The maximum absolute atomic E-state index is 11.3. The van der Waals surface area contributed by atoms with E-state index in [0.29, 0.717) is 5.56 Å². The number of nitrogens with zero attached hydrogens (tertiary/aromatic N) is 1. The summed E-state index contributed by atoms with van der Waals surface area (Å²) in [5.41, 5.74) is 0.898.